The van der Waals surface area contributed by atoms with E-state index in [-0.39, 0.29) is 11.5 Å². The third-order valence-corrected chi connectivity index (χ3v) is 3.38. The minimum Gasteiger partial charge on any atom is -0.466 e. The van der Waals surface area contributed by atoms with Crippen LogP contribution in [0.5, 0.6) is 0 Å². The summed E-state index contributed by atoms with van der Waals surface area (Å²) in [5, 5.41) is 5.68. The van der Waals surface area contributed by atoms with Crippen molar-refractivity contribution in [3.8, 4) is 0 Å². The Hall–Kier alpha value is -1.72. The average molecular weight is 315 g/mol. The minimum atomic E-state index is -0.649. The topological polar surface area (TPSA) is 67.4 Å². The molecule has 1 aromatic carbocycles. The molecule has 1 aliphatic rings. The van der Waals surface area contributed by atoms with Crippen LogP contribution in [-0.4, -0.2) is 25.0 Å². The van der Waals surface area contributed by atoms with Crippen molar-refractivity contribution in [2.75, 3.05) is 13.0 Å². The van der Waals surface area contributed by atoms with Gasteiger partial charge in [-0.1, -0.05) is 23.7 Å². The molecule has 0 saturated carbocycles. The second kappa shape index (κ2) is 6.15. The number of carbonyl (C=O) groups excluding carboxylic acids is 2. The first kappa shape index (κ1) is 14.7. The lowest BCUT2D eigenvalue weighted by Crippen LogP contribution is -2.46. The molecule has 1 unspecified atom stereocenters. The summed E-state index contributed by atoms with van der Waals surface area (Å²) in [5.74, 6) is -0.562. The van der Waals surface area contributed by atoms with E-state index in [9.17, 15) is 9.59 Å². The molecule has 106 valence electrons. The molecule has 1 aliphatic heterocycles. The second-order valence-corrected chi connectivity index (χ2v) is 4.81. The standard InChI is InChI=1S/C13H12Cl2N2O3/c1-20-12(18)10-9(6-14)16-13(19)17-11(10)7-3-2-4-8(15)5-7/h2-5,11H,6H2,1H3,(H2,16,17,19). The van der Waals surface area contributed by atoms with Crippen molar-refractivity contribution >= 4 is 35.2 Å². The monoisotopic (exact) mass is 314 g/mol. The first-order valence-electron chi connectivity index (χ1n) is 5.77. The van der Waals surface area contributed by atoms with Gasteiger partial charge in [-0.25, -0.2) is 9.59 Å². The summed E-state index contributed by atoms with van der Waals surface area (Å²) < 4.78 is 4.76. The highest BCUT2D eigenvalue weighted by atomic mass is 35.5. The fourth-order valence-electron chi connectivity index (χ4n) is 2.01. The Morgan fingerprint density at radius 3 is 2.80 bits per heavy atom. The van der Waals surface area contributed by atoms with Crippen molar-refractivity contribution in [1.82, 2.24) is 10.6 Å². The van der Waals surface area contributed by atoms with Gasteiger partial charge < -0.3 is 15.4 Å². The van der Waals surface area contributed by atoms with Crippen molar-refractivity contribution in [3.63, 3.8) is 0 Å². The van der Waals surface area contributed by atoms with E-state index >= 15 is 0 Å². The molecule has 2 rings (SSSR count). The molecule has 0 aromatic heterocycles. The smallest absolute Gasteiger partial charge is 0.338 e. The molecule has 1 heterocycles. The van der Waals surface area contributed by atoms with Gasteiger partial charge in [0, 0.05) is 10.7 Å². The highest BCUT2D eigenvalue weighted by molar-refractivity contribution is 6.30. The number of methoxy groups -OCH3 is 1. The molecule has 0 radical (unpaired) electrons. The van der Waals surface area contributed by atoms with E-state index in [0.29, 0.717) is 16.3 Å². The van der Waals surface area contributed by atoms with E-state index in [2.05, 4.69) is 10.6 Å². The third kappa shape index (κ3) is 2.89. The molecular formula is C13H12Cl2N2O3. The molecule has 0 aliphatic carbocycles. The van der Waals surface area contributed by atoms with Crippen LogP contribution in [0.1, 0.15) is 11.6 Å². The van der Waals surface area contributed by atoms with Crippen LogP contribution in [0.3, 0.4) is 0 Å². The summed E-state index contributed by atoms with van der Waals surface area (Å²) in [5.41, 5.74) is 1.27. The van der Waals surface area contributed by atoms with Gasteiger partial charge in [0.1, 0.15) is 0 Å². The number of halogens is 2. The first-order valence-corrected chi connectivity index (χ1v) is 6.68. The number of hydrogen-bond donors (Lipinski definition) is 2. The molecule has 0 spiro atoms. The largest absolute Gasteiger partial charge is 0.466 e. The van der Waals surface area contributed by atoms with Gasteiger partial charge in [-0.15, -0.1) is 11.6 Å². The molecule has 2 N–H and O–H groups in total. The number of urea groups is 1. The van der Waals surface area contributed by atoms with Crippen molar-refractivity contribution in [1.29, 1.82) is 0 Å². The molecule has 0 bridgehead atoms. The Morgan fingerprint density at radius 2 is 2.20 bits per heavy atom. The lowest BCUT2D eigenvalue weighted by Gasteiger charge is -2.28. The highest BCUT2D eigenvalue weighted by Crippen LogP contribution is 2.29. The predicted octanol–water partition coefficient (Wildman–Crippen LogP) is 2.36. The maximum Gasteiger partial charge on any atom is 0.338 e. The molecule has 1 atom stereocenters. The van der Waals surface area contributed by atoms with Crippen molar-refractivity contribution in [2.24, 2.45) is 0 Å². The Labute approximate surface area is 125 Å². The SMILES string of the molecule is COC(=O)C1=C(CCl)NC(=O)NC1c1cccc(Cl)c1. The van der Waals surface area contributed by atoms with Gasteiger partial charge in [0.2, 0.25) is 0 Å². The van der Waals surface area contributed by atoms with Gasteiger partial charge in [0.05, 0.1) is 24.6 Å². The van der Waals surface area contributed by atoms with Gasteiger partial charge in [0.15, 0.2) is 0 Å². The molecule has 2 amide bonds. The number of benzene rings is 1. The van der Waals surface area contributed by atoms with Crippen LogP contribution in [0.2, 0.25) is 5.02 Å². The van der Waals surface area contributed by atoms with Crippen LogP contribution >= 0.6 is 23.2 Å². The number of hydrogen-bond acceptors (Lipinski definition) is 3. The normalized spacial score (nSPS) is 18.4. The zero-order valence-corrected chi connectivity index (χ0v) is 12.1. The van der Waals surface area contributed by atoms with Crippen molar-refractivity contribution in [3.05, 3.63) is 46.1 Å². The van der Waals surface area contributed by atoms with Crippen LogP contribution in [0, 0.1) is 0 Å². The number of rotatable bonds is 3. The van der Waals surface area contributed by atoms with Crippen LogP contribution < -0.4 is 10.6 Å². The number of ether oxygens (including phenoxy) is 1. The summed E-state index contributed by atoms with van der Waals surface area (Å²) in [7, 11) is 1.27. The maximum absolute atomic E-state index is 11.9. The Balaban J connectivity index is 2.53. The summed E-state index contributed by atoms with van der Waals surface area (Å²) in [6.07, 6.45) is 0. The molecule has 0 fully saturated rings. The fraction of sp³-hybridized carbons (Fsp3) is 0.231. The quantitative estimate of drug-likeness (QED) is 0.665. The first-order chi connectivity index (χ1) is 9.56. The lowest BCUT2D eigenvalue weighted by molar-refractivity contribution is -0.136. The van der Waals surface area contributed by atoms with Gasteiger partial charge in [-0.05, 0) is 17.7 Å². The van der Waals surface area contributed by atoms with Gasteiger partial charge in [0.25, 0.3) is 0 Å². The lowest BCUT2D eigenvalue weighted by atomic mass is 9.95. The van der Waals surface area contributed by atoms with Crippen LogP contribution in [0.25, 0.3) is 0 Å². The fourth-order valence-corrected chi connectivity index (χ4v) is 2.42. The van der Waals surface area contributed by atoms with Crippen LogP contribution in [0.15, 0.2) is 35.5 Å². The highest BCUT2D eigenvalue weighted by Gasteiger charge is 2.33. The van der Waals surface area contributed by atoms with Gasteiger partial charge in [-0.3, -0.25) is 0 Å². The number of amides is 2. The number of nitrogens with one attached hydrogen (secondary N) is 2. The van der Waals surface area contributed by atoms with Crippen LogP contribution in [0.4, 0.5) is 4.79 Å². The summed E-state index contributed by atoms with van der Waals surface area (Å²) in [6.45, 7) is 0. The Kier molecular flexibility index (Phi) is 4.52. The molecule has 1 aromatic rings. The summed E-state index contributed by atoms with van der Waals surface area (Å²) in [6, 6.07) is 5.80. The zero-order valence-electron chi connectivity index (χ0n) is 10.6. The zero-order chi connectivity index (χ0) is 14.7. The third-order valence-electron chi connectivity index (χ3n) is 2.87. The Bertz CT molecular complexity index is 587. The molecule has 0 saturated heterocycles. The van der Waals surface area contributed by atoms with E-state index in [1.54, 1.807) is 24.3 Å². The number of esters is 1. The molecular weight excluding hydrogens is 303 g/mol. The number of carbonyl (C=O) groups is 2. The second-order valence-electron chi connectivity index (χ2n) is 4.10. The number of allylic oxidation sites excluding steroid dienone is 1. The maximum atomic E-state index is 11.9. The average Bonchev–Trinajstić information content (AvgIpc) is 2.45. The van der Waals surface area contributed by atoms with E-state index in [1.165, 1.54) is 7.11 Å². The van der Waals surface area contributed by atoms with E-state index < -0.39 is 18.0 Å². The minimum absolute atomic E-state index is 0.00504. The number of alkyl halides is 1. The Morgan fingerprint density at radius 1 is 1.45 bits per heavy atom. The van der Waals surface area contributed by atoms with Crippen molar-refractivity contribution in [2.45, 2.75) is 6.04 Å². The van der Waals surface area contributed by atoms with E-state index in [4.69, 9.17) is 27.9 Å². The van der Waals surface area contributed by atoms with Gasteiger partial charge >= 0.3 is 12.0 Å². The summed E-state index contributed by atoms with van der Waals surface area (Å²) >= 11 is 11.7. The van der Waals surface area contributed by atoms with E-state index in [0.717, 1.165) is 0 Å². The molecule has 20 heavy (non-hydrogen) atoms. The van der Waals surface area contributed by atoms with Crippen LogP contribution in [-0.2, 0) is 9.53 Å². The summed E-state index contributed by atoms with van der Waals surface area (Å²) in [4.78, 5) is 23.6. The van der Waals surface area contributed by atoms with Gasteiger partial charge in [-0.2, -0.15) is 0 Å². The predicted molar refractivity (Wildman–Crippen MR) is 75.6 cm³/mol. The van der Waals surface area contributed by atoms with Crippen molar-refractivity contribution < 1.29 is 14.3 Å². The molecule has 5 nitrogen and oxygen atoms in total. The van der Waals surface area contributed by atoms with E-state index in [1.807, 2.05) is 0 Å². The molecule has 7 heteroatoms.